The van der Waals surface area contributed by atoms with E-state index in [1.54, 1.807) is 25.1 Å². The maximum atomic E-state index is 12.2. The van der Waals surface area contributed by atoms with Crippen molar-refractivity contribution in [1.82, 2.24) is 0 Å². The van der Waals surface area contributed by atoms with Crippen molar-refractivity contribution in [3.63, 3.8) is 0 Å². The van der Waals surface area contributed by atoms with Crippen LogP contribution in [0.15, 0.2) is 29.2 Å². The number of benzene rings is 1. The van der Waals surface area contributed by atoms with E-state index in [4.69, 9.17) is 0 Å². The lowest BCUT2D eigenvalue weighted by atomic mass is 10.1. The van der Waals surface area contributed by atoms with E-state index in [2.05, 4.69) is 4.74 Å². The molecule has 0 aromatic heterocycles. The van der Waals surface area contributed by atoms with E-state index < -0.39 is 24.0 Å². The molecule has 0 spiro atoms. The highest BCUT2D eigenvalue weighted by Gasteiger charge is 2.28. The number of thioether (sulfide) groups is 1. The van der Waals surface area contributed by atoms with Crippen LogP contribution in [-0.4, -0.2) is 35.7 Å². The van der Waals surface area contributed by atoms with Gasteiger partial charge in [0.05, 0.1) is 12.4 Å². The van der Waals surface area contributed by atoms with Gasteiger partial charge in [0.25, 0.3) is 0 Å². The van der Waals surface area contributed by atoms with Crippen LogP contribution in [0, 0.1) is 0 Å². The first-order chi connectivity index (χ1) is 9.33. The molecule has 1 aromatic rings. The number of aliphatic hydroxyl groups excluding tert-OH is 1. The summed E-state index contributed by atoms with van der Waals surface area (Å²) in [5.74, 6) is -1.79. The maximum absolute atomic E-state index is 12.2. The topological polar surface area (TPSA) is 46.5 Å². The van der Waals surface area contributed by atoms with Gasteiger partial charge in [-0.25, -0.2) is 4.79 Å². The van der Waals surface area contributed by atoms with Crippen LogP contribution in [0.2, 0.25) is 0 Å². The first-order valence-electron chi connectivity index (χ1n) is 5.95. The molecule has 0 unspecified atom stereocenters. The molecule has 0 bridgehead atoms. The Bertz CT molecular complexity index is 449. The summed E-state index contributed by atoms with van der Waals surface area (Å²) in [5, 5.41) is 9.65. The van der Waals surface area contributed by atoms with Gasteiger partial charge in [0.15, 0.2) is 6.10 Å². The summed E-state index contributed by atoms with van der Waals surface area (Å²) in [5.41, 5.74) is 0.488. The SMILES string of the molecule is CCOC(=O)[C@@H](O)Cc1ccccc1SCC(F)(F)F. The Morgan fingerprint density at radius 2 is 2.05 bits per heavy atom. The Labute approximate surface area is 119 Å². The van der Waals surface area contributed by atoms with Crippen molar-refractivity contribution >= 4 is 17.7 Å². The lowest BCUT2D eigenvalue weighted by Gasteiger charge is -2.13. The molecular formula is C13H15F3O3S. The number of aliphatic hydroxyl groups is 1. The van der Waals surface area contributed by atoms with Crippen LogP contribution >= 0.6 is 11.8 Å². The number of ether oxygens (including phenoxy) is 1. The Morgan fingerprint density at radius 3 is 2.65 bits per heavy atom. The van der Waals surface area contributed by atoms with Crippen molar-refractivity contribution in [2.75, 3.05) is 12.4 Å². The van der Waals surface area contributed by atoms with Crippen LogP contribution in [0.4, 0.5) is 13.2 Å². The minimum Gasteiger partial charge on any atom is -0.464 e. The monoisotopic (exact) mass is 308 g/mol. The summed E-state index contributed by atoms with van der Waals surface area (Å²) in [4.78, 5) is 11.7. The van der Waals surface area contributed by atoms with Crippen molar-refractivity contribution in [1.29, 1.82) is 0 Å². The average Bonchev–Trinajstić information content (AvgIpc) is 2.37. The number of esters is 1. The number of hydrogen-bond donors (Lipinski definition) is 1. The fraction of sp³-hybridized carbons (Fsp3) is 0.462. The molecule has 1 rings (SSSR count). The molecule has 112 valence electrons. The average molecular weight is 308 g/mol. The molecule has 0 aliphatic heterocycles. The summed E-state index contributed by atoms with van der Waals surface area (Å²) < 4.78 is 41.3. The highest BCUT2D eigenvalue weighted by atomic mass is 32.2. The standard InChI is InChI=1S/C13H15F3O3S/c1-2-19-12(18)10(17)7-9-5-3-4-6-11(9)20-8-13(14,15)16/h3-6,10,17H,2,7-8H2,1H3/t10-/m0/s1. The molecule has 1 N–H and O–H groups in total. The van der Waals surface area contributed by atoms with Crippen molar-refractivity contribution in [2.24, 2.45) is 0 Å². The van der Waals surface area contributed by atoms with Crippen LogP contribution in [-0.2, 0) is 16.0 Å². The Morgan fingerprint density at radius 1 is 1.40 bits per heavy atom. The van der Waals surface area contributed by atoms with Gasteiger partial charge in [-0.3, -0.25) is 0 Å². The third-order valence-electron chi connectivity index (χ3n) is 2.34. The summed E-state index contributed by atoms with van der Waals surface area (Å²) >= 11 is 0.633. The Hall–Kier alpha value is -1.21. The third-order valence-corrected chi connectivity index (χ3v) is 3.52. The second-order valence-electron chi connectivity index (χ2n) is 3.98. The van der Waals surface area contributed by atoms with Crippen LogP contribution in [0.25, 0.3) is 0 Å². The summed E-state index contributed by atoms with van der Waals surface area (Å²) in [6.07, 6.45) is -5.71. The molecule has 0 amide bonds. The number of halogens is 3. The number of hydrogen-bond acceptors (Lipinski definition) is 4. The van der Waals surface area contributed by atoms with Crippen molar-refractivity contribution in [3.05, 3.63) is 29.8 Å². The van der Waals surface area contributed by atoms with E-state index in [1.165, 1.54) is 6.07 Å². The van der Waals surface area contributed by atoms with E-state index in [1.807, 2.05) is 0 Å². The molecule has 0 radical (unpaired) electrons. The van der Waals surface area contributed by atoms with Crippen molar-refractivity contribution in [3.8, 4) is 0 Å². The molecule has 0 aliphatic carbocycles. The van der Waals surface area contributed by atoms with E-state index in [0.717, 1.165) is 0 Å². The first-order valence-corrected chi connectivity index (χ1v) is 6.94. The highest BCUT2D eigenvalue weighted by molar-refractivity contribution is 7.99. The van der Waals surface area contributed by atoms with Crippen molar-refractivity contribution in [2.45, 2.75) is 30.5 Å². The molecule has 0 heterocycles. The van der Waals surface area contributed by atoms with Gasteiger partial charge in [0, 0.05) is 11.3 Å². The molecule has 0 saturated carbocycles. The van der Waals surface area contributed by atoms with E-state index in [9.17, 15) is 23.1 Å². The summed E-state index contributed by atoms with van der Waals surface area (Å²) in [6.45, 7) is 1.75. The second kappa shape index (κ2) is 7.54. The fourth-order valence-electron chi connectivity index (χ4n) is 1.50. The Balaban J connectivity index is 2.72. The smallest absolute Gasteiger partial charge is 0.398 e. The van der Waals surface area contributed by atoms with Crippen LogP contribution < -0.4 is 0 Å². The fourth-order valence-corrected chi connectivity index (χ4v) is 2.33. The zero-order valence-electron chi connectivity index (χ0n) is 10.8. The highest BCUT2D eigenvalue weighted by Crippen LogP contribution is 2.30. The number of alkyl halides is 3. The summed E-state index contributed by atoms with van der Waals surface area (Å²) in [7, 11) is 0. The number of carbonyl (C=O) groups is 1. The zero-order chi connectivity index (χ0) is 15.2. The van der Waals surface area contributed by atoms with Crippen LogP contribution in [0.1, 0.15) is 12.5 Å². The zero-order valence-corrected chi connectivity index (χ0v) is 11.6. The lowest BCUT2D eigenvalue weighted by molar-refractivity contribution is -0.152. The minimum absolute atomic E-state index is 0.0696. The predicted octanol–water partition coefficient (Wildman–Crippen LogP) is 2.81. The second-order valence-corrected chi connectivity index (χ2v) is 5.00. The molecule has 0 aliphatic rings. The van der Waals surface area contributed by atoms with Gasteiger partial charge < -0.3 is 9.84 Å². The number of rotatable bonds is 6. The molecule has 0 saturated heterocycles. The van der Waals surface area contributed by atoms with Gasteiger partial charge in [-0.15, -0.1) is 11.8 Å². The van der Waals surface area contributed by atoms with Gasteiger partial charge in [-0.1, -0.05) is 18.2 Å². The normalized spacial score (nSPS) is 13.1. The van der Waals surface area contributed by atoms with Gasteiger partial charge >= 0.3 is 12.1 Å². The van der Waals surface area contributed by atoms with E-state index in [0.29, 0.717) is 22.2 Å². The van der Waals surface area contributed by atoms with Crippen LogP contribution in [0.5, 0.6) is 0 Å². The largest absolute Gasteiger partial charge is 0.464 e. The Kier molecular flexibility index (Phi) is 6.35. The van der Waals surface area contributed by atoms with Gasteiger partial charge in [-0.05, 0) is 18.6 Å². The van der Waals surface area contributed by atoms with Gasteiger partial charge in [-0.2, -0.15) is 13.2 Å². The molecule has 1 aromatic carbocycles. The first kappa shape index (κ1) is 16.8. The van der Waals surface area contributed by atoms with Gasteiger partial charge in [0.2, 0.25) is 0 Å². The lowest BCUT2D eigenvalue weighted by Crippen LogP contribution is -2.25. The molecule has 20 heavy (non-hydrogen) atoms. The van der Waals surface area contributed by atoms with Crippen LogP contribution in [0.3, 0.4) is 0 Å². The van der Waals surface area contributed by atoms with E-state index >= 15 is 0 Å². The van der Waals surface area contributed by atoms with Crippen molar-refractivity contribution < 1.29 is 27.8 Å². The van der Waals surface area contributed by atoms with Gasteiger partial charge in [0.1, 0.15) is 0 Å². The molecule has 0 fully saturated rings. The quantitative estimate of drug-likeness (QED) is 0.648. The predicted molar refractivity (Wildman–Crippen MR) is 69.6 cm³/mol. The number of carbonyl (C=O) groups excluding carboxylic acids is 1. The van der Waals surface area contributed by atoms with E-state index in [-0.39, 0.29) is 13.0 Å². The molecule has 1 atom stereocenters. The maximum Gasteiger partial charge on any atom is 0.398 e. The third kappa shape index (κ3) is 5.83. The molecule has 7 heteroatoms. The summed E-state index contributed by atoms with van der Waals surface area (Å²) in [6, 6.07) is 6.37. The minimum atomic E-state index is -4.27. The molecule has 3 nitrogen and oxygen atoms in total. The molecular weight excluding hydrogens is 293 g/mol.